The fourth-order valence-electron chi connectivity index (χ4n) is 7.29. The predicted octanol–water partition coefficient (Wildman–Crippen LogP) is 10.8. The molecule has 5 heteroatoms. The Morgan fingerprint density at radius 2 is 0.980 bits per heavy atom. The number of rotatable bonds is 5. The Balaban J connectivity index is 1.26. The summed E-state index contributed by atoms with van der Waals surface area (Å²) in [7, 11) is 0. The lowest BCUT2D eigenvalue weighted by Crippen LogP contribution is -2.05. The molecular weight excluding hydrogens is 599 g/mol. The summed E-state index contributed by atoms with van der Waals surface area (Å²) in [6.45, 7) is 0. The number of aromatic nitrogens is 5. The molecule has 6 aromatic carbocycles. The average Bonchev–Trinajstić information content (AvgIpc) is 3.90. The van der Waals surface area contributed by atoms with E-state index in [0.29, 0.717) is 5.95 Å². The van der Waals surface area contributed by atoms with E-state index in [1.165, 1.54) is 21.9 Å². The number of nitrogens with zero attached hydrogens (tertiary/aromatic N) is 5. The smallest absolute Gasteiger partial charge is 0.235 e. The van der Waals surface area contributed by atoms with Gasteiger partial charge in [-0.05, 0) is 59.7 Å². The Bertz CT molecular complexity index is 2790. The number of hydrogen-bond donors (Lipinski definition) is 0. The Morgan fingerprint density at radius 3 is 1.73 bits per heavy atom. The van der Waals surface area contributed by atoms with Gasteiger partial charge in [0, 0.05) is 45.5 Å². The van der Waals surface area contributed by atoms with E-state index < -0.39 is 0 Å². The second-order valence-electron chi connectivity index (χ2n) is 12.3. The lowest BCUT2D eigenvalue weighted by Gasteiger charge is -2.14. The highest BCUT2D eigenvalue weighted by molar-refractivity contribution is 6.18. The summed E-state index contributed by atoms with van der Waals surface area (Å²) in [6, 6.07) is 57.5. The van der Waals surface area contributed by atoms with E-state index >= 15 is 0 Å². The second-order valence-corrected chi connectivity index (χ2v) is 12.3. The maximum Gasteiger partial charge on any atom is 0.235 e. The highest BCUT2D eigenvalue weighted by atomic mass is 15.2. The highest BCUT2D eigenvalue weighted by Gasteiger charge is 2.21. The molecule has 0 unspecified atom stereocenters. The van der Waals surface area contributed by atoms with Crippen molar-refractivity contribution in [1.29, 1.82) is 0 Å². The summed E-state index contributed by atoms with van der Waals surface area (Å²) in [5, 5.41) is 3.50. The maximum absolute atomic E-state index is 5.47. The van der Waals surface area contributed by atoms with Crippen molar-refractivity contribution in [3.05, 3.63) is 176 Å². The van der Waals surface area contributed by atoms with Gasteiger partial charge in [0.25, 0.3) is 0 Å². The molecule has 0 atom stereocenters. The van der Waals surface area contributed by atoms with Gasteiger partial charge in [-0.3, -0.25) is 4.57 Å². The molecule has 4 heterocycles. The molecule has 0 aliphatic rings. The molecule has 0 radical (unpaired) electrons. The van der Waals surface area contributed by atoms with Crippen LogP contribution in [-0.2, 0) is 0 Å². The van der Waals surface area contributed by atoms with Crippen LogP contribution in [0.2, 0.25) is 0 Å². The summed E-state index contributed by atoms with van der Waals surface area (Å²) >= 11 is 0. The van der Waals surface area contributed by atoms with Crippen molar-refractivity contribution in [1.82, 2.24) is 23.7 Å². The van der Waals surface area contributed by atoms with Crippen LogP contribution in [0.5, 0.6) is 0 Å². The molecule has 0 N–H and O–H groups in total. The van der Waals surface area contributed by atoms with Crippen molar-refractivity contribution >= 4 is 43.7 Å². The van der Waals surface area contributed by atoms with Crippen molar-refractivity contribution in [2.24, 2.45) is 0 Å². The number of hydrogen-bond acceptors (Lipinski definition) is 2. The quantitative estimate of drug-likeness (QED) is 0.190. The molecule has 0 amide bonds. The summed E-state index contributed by atoms with van der Waals surface area (Å²) < 4.78 is 6.70. The van der Waals surface area contributed by atoms with E-state index in [1.54, 1.807) is 0 Å². The van der Waals surface area contributed by atoms with Gasteiger partial charge in [-0.1, -0.05) is 115 Å². The van der Waals surface area contributed by atoms with Gasteiger partial charge in [-0.2, -0.15) is 0 Å². The first kappa shape index (κ1) is 27.4. The molecule has 0 aliphatic carbocycles. The minimum atomic E-state index is 0.645. The zero-order chi connectivity index (χ0) is 32.3. The van der Waals surface area contributed by atoms with Gasteiger partial charge in [0.15, 0.2) is 0 Å². The monoisotopic (exact) mass is 627 g/mol. The summed E-state index contributed by atoms with van der Waals surface area (Å²) in [6.07, 6.45) is 4.26. The largest absolute Gasteiger partial charge is 0.316 e. The molecule has 49 heavy (non-hydrogen) atoms. The zero-order valence-electron chi connectivity index (χ0n) is 26.5. The molecule has 5 nitrogen and oxygen atoms in total. The molecule has 230 valence electrons. The van der Waals surface area contributed by atoms with Crippen LogP contribution in [-0.4, -0.2) is 23.7 Å². The minimum absolute atomic E-state index is 0.645. The first-order valence-electron chi connectivity index (χ1n) is 16.5. The second kappa shape index (κ2) is 10.9. The van der Waals surface area contributed by atoms with Crippen molar-refractivity contribution in [3.8, 4) is 39.7 Å². The molecule has 10 aromatic rings. The van der Waals surface area contributed by atoms with Crippen molar-refractivity contribution in [2.75, 3.05) is 0 Å². The first-order valence-corrected chi connectivity index (χ1v) is 16.5. The van der Waals surface area contributed by atoms with Crippen LogP contribution in [0.25, 0.3) is 83.4 Å². The fraction of sp³-hybridized carbons (Fsp3) is 0. The Kier molecular flexibility index (Phi) is 6.11. The van der Waals surface area contributed by atoms with Crippen LogP contribution >= 0.6 is 0 Å². The SMILES string of the molecule is c1ccc(-c2ccc(-c3nc(-n4c5ccccc5c5ccc6c(ccn6-c6ccccc6)c54)nc4ccn(-c5ccccc5)c34)cc2)cc1. The van der Waals surface area contributed by atoms with Gasteiger partial charge < -0.3 is 9.13 Å². The molecule has 4 aromatic heterocycles. The summed E-state index contributed by atoms with van der Waals surface area (Å²) in [4.78, 5) is 10.8. The molecule has 0 fully saturated rings. The van der Waals surface area contributed by atoms with Gasteiger partial charge in [-0.15, -0.1) is 0 Å². The van der Waals surface area contributed by atoms with Gasteiger partial charge >= 0.3 is 0 Å². The van der Waals surface area contributed by atoms with Gasteiger partial charge in [0.2, 0.25) is 5.95 Å². The Hall–Kier alpha value is -6.72. The van der Waals surface area contributed by atoms with E-state index in [2.05, 4.69) is 178 Å². The third-order valence-electron chi connectivity index (χ3n) is 9.56. The Morgan fingerprint density at radius 1 is 0.367 bits per heavy atom. The van der Waals surface area contributed by atoms with Gasteiger partial charge in [0.05, 0.1) is 27.6 Å². The third kappa shape index (κ3) is 4.33. The summed E-state index contributed by atoms with van der Waals surface area (Å²) in [5.74, 6) is 0.645. The maximum atomic E-state index is 5.47. The molecule has 0 saturated heterocycles. The molecule has 0 aliphatic heterocycles. The van der Waals surface area contributed by atoms with Crippen molar-refractivity contribution in [3.63, 3.8) is 0 Å². The molecular formula is C44H29N5. The number of benzene rings is 6. The van der Waals surface area contributed by atoms with E-state index in [-0.39, 0.29) is 0 Å². The molecule has 0 bridgehead atoms. The molecule has 0 spiro atoms. The van der Waals surface area contributed by atoms with Crippen molar-refractivity contribution in [2.45, 2.75) is 0 Å². The van der Waals surface area contributed by atoms with Crippen LogP contribution in [0.15, 0.2) is 176 Å². The topological polar surface area (TPSA) is 40.6 Å². The van der Waals surface area contributed by atoms with Crippen LogP contribution < -0.4 is 0 Å². The lowest BCUT2D eigenvalue weighted by molar-refractivity contribution is 1.01. The van der Waals surface area contributed by atoms with Gasteiger partial charge in [0.1, 0.15) is 5.69 Å². The normalized spacial score (nSPS) is 11.7. The average molecular weight is 628 g/mol. The van der Waals surface area contributed by atoms with E-state index in [0.717, 1.165) is 55.6 Å². The van der Waals surface area contributed by atoms with Crippen LogP contribution in [0.3, 0.4) is 0 Å². The number of para-hydroxylation sites is 3. The third-order valence-corrected chi connectivity index (χ3v) is 9.56. The molecule has 10 rings (SSSR count). The van der Waals surface area contributed by atoms with E-state index in [9.17, 15) is 0 Å². The number of fused-ring (bicyclic) bond motifs is 6. The van der Waals surface area contributed by atoms with E-state index in [4.69, 9.17) is 9.97 Å². The standard InChI is InChI=1S/C44H29N5/c1-4-12-30(13-5-1)31-20-22-32(23-21-31)41-43-38(27-29-48(43)34-16-8-3-9-17-34)45-44(46-41)49-40-19-11-10-18-35(40)36-24-25-39-37(42(36)49)26-28-47(39)33-14-6-2-7-15-33/h1-29H. The minimum Gasteiger partial charge on any atom is -0.316 e. The van der Waals surface area contributed by atoms with Crippen LogP contribution in [0, 0.1) is 0 Å². The van der Waals surface area contributed by atoms with Crippen molar-refractivity contribution < 1.29 is 0 Å². The fourth-order valence-corrected chi connectivity index (χ4v) is 7.29. The van der Waals surface area contributed by atoms with Crippen LogP contribution in [0.1, 0.15) is 0 Å². The first-order chi connectivity index (χ1) is 24.3. The Labute approximate surface area is 282 Å². The lowest BCUT2D eigenvalue weighted by atomic mass is 10.0. The molecule has 0 saturated carbocycles. The zero-order valence-corrected chi connectivity index (χ0v) is 26.5. The van der Waals surface area contributed by atoms with E-state index in [1.807, 2.05) is 12.1 Å². The predicted molar refractivity (Wildman–Crippen MR) is 201 cm³/mol. The summed E-state index contributed by atoms with van der Waals surface area (Å²) in [5.41, 5.74) is 11.6. The van der Waals surface area contributed by atoms with Gasteiger partial charge in [-0.25, -0.2) is 9.97 Å². The van der Waals surface area contributed by atoms with Crippen LogP contribution in [0.4, 0.5) is 0 Å². The highest BCUT2D eigenvalue weighted by Crippen LogP contribution is 2.39.